The maximum atomic E-state index is 11.8. The molecule has 8 heteroatoms. The van der Waals surface area contributed by atoms with Gasteiger partial charge in [-0.15, -0.1) is 24.0 Å². The first-order valence-corrected chi connectivity index (χ1v) is 9.53. The second kappa shape index (κ2) is 14.4. The third kappa shape index (κ3) is 9.91. The fourth-order valence-corrected chi connectivity index (χ4v) is 2.86. The molecule has 154 valence electrons. The first kappa shape index (κ1) is 25.4. The number of nitrogens with one attached hydrogen (secondary N) is 3. The number of rotatable bonds is 9. The van der Waals surface area contributed by atoms with E-state index in [1.54, 1.807) is 7.05 Å². The van der Waals surface area contributed by atoms with Crippen LogP contribution in [0.15, 0.2) is 4.99 Å². The number of halogens is 1. The van der Waals surface area contributed by atoms with E-state index in [1.807, 2.05) is 6.92 Å². The standard InChI is InChI=1S/C18H37N5O2.HI/c1-6-15(4)22-17(24)7-8-20-18(19-5)21-13-16(14(2)3)23-9-11-25-12-10-23;/h14-16H,6-13H2,1-5H3,(H,22,24)(H2,19,20,21);1H. The van der Waals surface area contributed by atoms with Crippen LogP contribution in [-0.4, -0.2) is 75.3 Å². The third-order valence-corrected chi connectivity index (χ3v) is 4.65. The molecule has 1 amide bonds. The molecule has 2 unspecified atom stereocenters. The molecule has 1 heterocycles. The largest absolute Gasteiger partial charge is 0.379 e. The highest BCUT2D eigenvalue weighted by Gasteiger charge is 2.23. The van der Waals surface area contributed by atoms with Crippen LogP contribution in [0.1, 0.15) is 40.5 Å². The van der Waals surface area contributed by atoms with Gasteiger partial charge in [-0.1, -0.05) is 20.8 Å². The van der Waals surface area contributed by atoms with Crippen LogP contribution in [0.25, 0.3) is 0 Å². The van der Waals surface area contributed by atoms with Gasteiger partial charge in [0.15, 0.2) is 5.96 Å². The molecule has 1 saturated heterocycles. The van der Waals surface area contributed by atoms with E-state index >= 15 is 0 Å². The van der Waals surface area contributed by atoms with Gasteiger partial charge in [0.25, 0.3) is 0 Å². The minimum atomic E-state index is 0. The van der Waals surface area contributed by atoms with E-state index in [9.17, 15) is 4.79 Å². The van der Waals surface area contributed by atoms with Crippen LogP contribution in [0.2, 0.25) is 0 Å². The lowest BCUT2D eigenvalue weighted by atomic mass is 10.0. The Labute approximate surface area is 176 Å². The Balaban J connectivity index is 0.00000625. The summed E-state index contributed by atoms with van der Waals surface area (Å²) in [6.07, 6.45) is 1.39. The number of carbonyl (C=O) groups is 1. The van der Waals surface area contributed by atoms with E-state index in [0.717, 1.165) is 45.2 Å². The number of aliphatic imine (C=N–C) groups is 1. The number of amides is 1. The van der Waals surface area contributed by atoms with Crippen molar-refractivity contribution < 1.29 is 9.53 Å². The summed E-state index contributed by atoms with van der Waals surface area (Å²) in [6.45, 7) is 13.6. The normalized spacial score (nSPS) is 18.0. The van der Waals surface area contributed by atoms with E-state index < -0.39 is 0 Å². The maximum absolute atomic E-state index is 11.8. The number of hydrogen-bond donors (Lipinski definition) is 3. The third-order valence-electron chi connectivity index (χ3n) is 4.65. The van der Waals surface area contributed by atoms with Crippen LogP contribution in [0, 0.1) is 5.92 Å². The van der Waals surface area contributed by atoms with Crippen molar-refractivity contribution in [3.8, 4) is 0 Å². The van der Waals surface area contributed by atoms with Gasteiger partial charge in [-0.05, 0) is 19.3 Å². The predicted molar refractivity (Wildman–Crippen MR) is 118 cm³/mol. The van der Waals surface area contributed by atoms with Gasteiger partial charge in [-0.2, -0.15) is 0 Å². The minimum Gasteiger partial charge on any atom is -0.379 e. The molecule has 0 radical (unpaired) electrons. The summed E-state index contributed by atoms with van der Waals surface area (Å²) in [5.74, 6) is 1.37. The van der Waals surface area contributed by atoms with Crippen molar-refractivity contribution in [3.63, 3.8) is 0 Å². The molecule has 2 atom stereocenters. The maximum Gasteiger partial charge on any atom is 0.221 e. The van der Waals surface area contributed by atoms with Gasteiger partial charge in [0, 0.05) is 51.7 Å². The molecular weight excluding hydrogens is 445 g/mol. The molecule has 0 aliphatic carbocycles. The average molecular weight is 483 g/mol. The monoisotopic (exact) mass is 483 g/mol. The Morgan fingerprint density at radius 2 is 1.85 bits per heavy atom. The van der Waals surface area contributed by atoms with Gasteiger partial charge in [-0.3, -0.25) is 14.7 Å². The molecule has 0 saturated carbocycles. The van der Waals surface area contributed by atoms with Crippen molar-refractivity contribution in [2.45, 2.75) is 52.6 Å². The Hall–Kier alpha value is -0.610. The number of carbonyl (C=O) groups excluding carboxylic acids is 1. The average Bonchev–Trinajstić information content (AvgIpc) is 2.60. The molecule has 0 aromatic heterocycles. The van der Waals surface area contributed by atoms with Crippen molar-refractivity contribution in [1.29, 1.82) is 0 Å². The molecule has 26 heavy (non-hydrogen) atoms. The molecule has 7 nitrogen and oxygen atoms in total. The van der Waals surface area contributed by atoms with E-state index in [1.165, 1.54) is 0 Å². The Morgan fingerprint density at radius 3 is 2.38 bits per heavy atom. The van der Waals surface area contributed by atoms with Crippen LogP contribution in [-0.2, 0) is 9.53 Å². The molecule has 3 N–H and O–H groups in total. The van der Waals surface area contributed by atoms with Crippen LogP contribution in [0.4, 0.5) is 0 Å². The number of guanidine groups is 1. The summed E-state index contributed by atoms with van der Waals surface area (Å²) in [7, 11) is 1.76. The number of nitrogens with zero attached hydrogens (tertiary/aromatic N) is 2. The summed E-state index contributed by atoms with van der Waals surface area (Å²) in [6, 6.07) is 0.668. The second-order valence-electron chi connectivity index (χ2n) is 6.97. The quantitative estimate of drug-likeness (QED) is 0.263. The Bertz CT molecular complexity index is 414. The number of morpholine rings is 1. The van der Waals surface area contributed by atoms with Crippen molar-refractivity contribution >= 4 is 35.8 Å². The Morgan fingerprint density at radius 1 is 1.19 bits per heavy atom. The zero-order valence-corrected chi connectivity index (χ0v) is 19.3. The van der Waals surface area contributed by atoms with E-state index in [2.05, 4.69) is 46.6 Å². The second-order valence-corrected chi connectivity index (χ2v) is 6.97. The molecule has 0 bridgehead atoms. The fourth-order valence-electron chi connectivity index (χ4n) is 2.86. The van der Waals surface area contributed by atoms with Crippen molar-refractivity contribution in [3.05, 3.63) is 0 Å². The van der Waals surface area contributed by atoms with Crippen LogP contribution in [0.3, 0.4) is 0 Å². The molecule has 1 aliphatic heterocycles. The zero-order chi connectivity index (χ0) is 18.7. The van der Waals surface area contributed by atoms with Crippen LogP contribution >= 0.6 is 24.0 Å². The molecule has 1 aliphatic rings. The molecular formula is C18H38IN5O2. The van der Waals surface area contributed by atoms with Gasteiger partial charge in [0.05, 0.1) is 13.2 Å². The SMILES string of the molecule is CCC(C)NC(=O)CCNC(=NC)NCC(C(C)C)N1CCOCC1.I. The van der Waals surface area contributed by atoms with Crippen molar-refractivity contribution in [2.24, 2.45) is 10.9 Å². The van der Waals surface area contributed by atoms with Crippen molar-refractivity contribution in [1.82, 2.24) is 20.9 Å². The highest BCUT2D eigenvalue weighted by atomic mass is 127. The van der Waals surface area contributed by atoms with E-state index in [-0.39, 0.29) is 35.9 Å². The molecule has 1 fully saturated rings. The summed E-state index contributed by atoms with van der Waals surface area (Å²) >= 11 is 0. The predicted octanol–water partition coefficient (Wildman–Crippen LogP) is 1.43. The van der Waals surface area contributed by atoms with Crippen LogP contribution in [0.5, 0.6) is 0 Å². The van der Waals surface area contributed by atoms with Gasteiger partial charge < -0.3 is 20.7 Å². The van der Waals surface area contributed by atoms with Gasteiger partial charge in [0.2, 0.25) is 5.91 Å². The zero-order valence-electron chi connectivity index (χ0n) is 17.0. The highest BCUT2D eigenvalue weighted by molar-refractivity contribution is 14.0. The topological polar surface area (TPSA) is 78.0 Å². The van der Waals surface area contributed by atoms with Gasteiger partial charge in [-0.25, -0.2) is 0 Å². The summed E-state index contributed by atoms with van der Waals surface area (Å²) in [4.78, 5) is 18.6. The van der Waals surface area contributed by atoms with Crippen LogP contribution < -0.4 is 16.0 Å². The van der Waals surface area contributed by atoms with E-state index in [4.69, 9.17) is 4.74 Å². The summed E-state index contributed by atoms with van der Waals surface area (Å²) < 4.78 is 5.45. The summed E-state index contributed by atoms with van der Waals surface area (Å²) in [5.41, 5.74) is 0. The minimum absolute atomic E-state index is 0. The molecule has 0 aromatic carbocycles. The summed E-state index contributed by atoms with van der Waals surface area (Å²) in [5, 5.41) is 9.59. The number of hydrogen-bond acceptors (Lipinski definition) is 4. The van der Waals surface area contributed by atoms with Gasteiger partial charge >= 0.3 is 0 Å². The first-order chi connectivity index (χ1) is 12.0. The molecule has 1 rings (SSSR count). The lowest BCUT2D eigenvalue weighted by Gasteiger charge is -2.37. The smallest absolute Gasteiger partial charge is 0.221 e. The van der Waals surface area contributed by atoms with Crippen molar-refractivity contribution in [2.75, 3.05) is 46.4 Å². The molecule has 0 aromatic rings. The van der Waals surface area contributed by atoms with Gasteiger partial charge in [0.1, 0.15) is 0 Å². The lowest BCUT2D eigenvalue weighted by molar-refractivity contribution is -0.121. The fraction of sp³-hybridized carbons (Fsp3) is 0.889. The Kier molecular flexibility index (Phi) is 14.1. The number of ether oxygens (including phenoxy) is 1. The lowest BCUT2D eigenvalue weighted by Crippen LogP contribution is -2.52. The highest BCUT2D eigenvalue weighted by Crippen LogP contribution is 2.12. The van der Waals surface area contributed by atoms with E-state index in [0.29, 0.717) is 24.9 Å². The first-order valence-electron chi connectivity index (χ1n) is 9.53. The molecule has 0 spiro atoms.